The number of hydrogen-bond donors (Lipinski definition) is 0. The zero-order valence-corrected chi connectivity index (χ0v) is 7.50. The van der Waals surface area contributed by atoms with Gasteiger partial charge in [0.2, 0.25) is 0 Å². The van der Waals surface area contributed by atoms with Crippen LogP contribution < -0.4 is 0 Å². The first-order valence-corrected chi connectivity index (χ1v) is 4.15. The van der Waals surface area contributed by atoms with Gasteiger partial charge in [-0.15, -0.1) is 0 Å². The van der Waals surface area contributed by atoms with Crippen LogP contribution in [-0.2, 0) is 4.74 Å². The van der Waals surface area contributed by atoms with E-state index >= 15 is 0 Å². The lowest BCUT2D eigenvalue weighted by Crippen LogP contribution is -2.09. The van der Waals surface area contributed by atoms with Crippen LogP contribution >= 0.6 is 0 Å². The molecule has 0 N–H and O–H groups in total. The maximum Gasteiger partial charge on any atom is 0.0961 e. The maximum atomic E-state index is 5.18. The normalized spacial score (nSPS) is 23.6. The molecule has 1 atom stereocenters. The molecular weight excluding hydrogens is 136 g/mol. The van der Waals surface area contributed by atoms with Gasteiger partial charge in [-0.2, -0.15) is 0 Å². The molecule has 0 aromatic carbocycles. The Morgan fingerprint density at radius 2 is 2.27 bits per heavy atom. The van der Waals surface area contributed by atoms with Gasteiger partial charge in [-0.25, -0.2) is 0 Å². The first kappa shape index (κ1) is 8.38. The lowest BCUT2D eigenvalue weighted by molar-refractivity contribution is 0.253. The predicted octanol–water partition coefficient (Wildman–Crippen LogP) is 2.75. The van der Waals surface area contributed by atoms with Crippen LogP contribution in [0.5, 0.6) is 0 Å². The van der Waals surface area contributed by atoms with E-state index in [9.17, 15) is 0 Å². The summed E-state index contributed by atoms with van der Waals surface area (Å²) in [6.07, 6.45) is 7.45. The molecule has 0 saturated heterocycles. The highest BCUT2D eigenvalue weighted by molar-refractivity contribution is 5.16. The first-order chi connectivity index (χ1) is 5.24. The highest BCUT2D eigenvalue weighted by atomic mass is 16.5. The van der Waals surface area contributed by atoms with Crippen molar-refractivity contribution in [3.63, 3.8) is 0 Å². The van der Waals surface area contributed by atoms with Crippen molar-refractivity contribution in [3.8, 4) is 0 Å². The largest absolute Gasteiger partial charge is 0.501 e. The van der Waals surface area contributed by atoms with Crippen molar-refractivity contribution in [2.45, 2.75) is 20.3 Å². The quantitative estimate of drug-likeness (QED) is 0.591. The van der Waals surface area contributed by atoms with Gasteiger partial charge in [0.05, 0.1) is 12.9 Å². The molecule has 0 aromatic heterocycles. The summed E-state index contributed by atoms with van der Waals surface area (Å²) in [6, 6.07) is 0. The summed E-state index contributed by atoms with van der Waals surface area (Å²) in [6.45, 7) is 4.49. The molecule has 1 unspecified atom stereocenters. The standard InChI is InChI=1S/C10H16O/c1-8(2)9-5-4-6-10(7-9)11-3/h4-6,8-9H,7H2,1-3H3. The lowest BCUT2D eigenvalue weighted by atomic mass is 9.89. The van der Waals surface area contributed by atoms with Crippen LogP contribution in [0.3, 0.4) is 0 Å². The molecule has 1 nitrogen and oxygen atoms in total. The smallest absolute Gasteiger partial charge is 0.0961 e. The average Bonchev–Trinajstić information content (AvgIpc) is 2.05. The van der Waals surface area contributed by atoms with Crippen molar-refractivity contribution in [1.29, 1.82) is 0 Å². The molecule has 0 heterocycles. The Hall–Kier alpha value is -0.720. The van der Waals surface area contributed by atoms with Crippen molar-refractivity contribution in [2.24, 2.45) is 11.8 Å². The topological polar surface area (TPSA) is 9.23 Å². The Bertz CT molecular complexity index is 177. The van der Waals surface area contributed by atoms with E-state index in [1.807, 2.05) is 6.08 Å². The second-order valence-electron chi connectivity index (χ2n) is 3.33. The number of allylic oxidation sites excluding steroid dienone is 4. The van der Waals surface area contributed by atoms with E-state index in [2.05, 4.69) is 26.0 Å². The van der Waals surface area contributed by atoms with E-state index in [1.165, 1.54) is 0 Å². The molecule has 0 aromatic rings. The third-order valence-electron chi connectivity index (χ3n) is 2.20. The first-order valence-electron chi connectivity index (χ1n) is 4.15. The van der Waals surface area contributed by atoms with Crippen LogP contribution in [0.15, 0.2) is 24.0 Å². The molecule has 0 saturated carbocycles. The summed E-state index contributed by atoms with van der Waals surface area (Å²) in [5.74, 6) is 2.48. The third kappa shape index (κ3) is 2.11. The van der Waals surface area contributed by atoms with Gasteiger partial charge in [-0.05, 0) is 17.9 Å². The molecule has 62 valence electrons. The van der Waals surface area contributed by atoms with Crippen LogP contribution in [0.1, 0.15) is 20.3 Å². The molecule has 0 fully saturated rings. The molecule has 0 radical (unpaired) electrons. The van der Waals surface area contributed by atoms with Crippen molar-refractivity contribution in [2.75, 3.05) is 7.11 Å². The molecule has 11 heavy (non-hydrogen) atoms. The van der Waals surface area contributed by atoms with Crippen molar-refractivity contribution in [3.05, 3.63) is 24.0 Å². The van der Waals surface area contributed by atoms with Crippen LogP contribution in [0, 0.1) is 11.8 Å². The molecule has 1 aliphatic rings. The second-order valence-corrected chi connectivity index (χ2v) is 3.33. The van der Waals surface area contributed by atoms with Gasteiger partial charge in [-0.1, -0.05) is 26.0 Å². The van der Waals surface area contributed by atoms with Crippen molar-refractivity contribution in [1.82, 2.24) is 0 Å². The van der Waals surface area contributed by atoms with Crippen molar-refractivity contribution < 1.29 is 4.74 Å². The highest BCUT2D eigenvalue weighted by Gasteiger charge is 2.14. The second kappa shape index (κ2) is 3.61. The summed E-state index contributed by atoms with van der Waals surface area (Å²) in [7, 11) is 1.74. The third-order valence-corrected chi connectivity index (χ3v) is 2.20. The fourth-order valence-corrected chi connectivity index (χ4v) is 1.28. The highest BCUT2D eigenvalue weighted by Crippen LogP contribution is 2.24. The molecule has 0 aliphatic heterocycles. The van der Waals surface area contributed by atoms with E-state index in [4.69, 9.17) is 4.74 Å². The zero-order valence-electron chi connectivity index (χ0n) is 7.50. The van der Waals surface area contributed by atoms with Crippen LogP contribution in [0.2, 0.25) is 0 Å². The Kier molecular flexibility index (Phi) is 2.75. The monoisotopic (exact) mass is 152 g/mol. The van der Waals surface area contributed by atoms with Gasteiger partial charge >= 0.3 is 0 Å². The number of ether oxygens (including phenoxy) is 1. The van der Waals surface area contributed by atoms with Gasteiger partial charge < -0.3 is 4.74 Å². The lowest BCUT2D eigenvalue weighted by Gasteiger charge is -2.20. The molecule has 1 rings (SSSR count). The Balaban J connectivity index is 2.55. The molecule has 0 bridgehead atoms. The van der Waals surface area contributed by atoms with E-state index in [0.717, 1.165) is 12.2 Å². The minimum absolute atomic E-state index is 0.662. The summed E-state index contributed by atoms with van der Waals surface area (Å²) in [5.41, 5.74) is 0. The maximum absolute atomic E-state index is 5.18. The van der Waals surface area contributed by atoms with Crippen LogP contribution in [0.25, 0.3) is 0 Å². The number of methoxy groups -OCH3 is 1. The SMILES string of the molecule is COC1=CC=CC(C(C)C)C1. The Labute approximate surface area is 68.8 Å². The summed E-state index contributed by atoms with van der Waals surface area (Å²) in [4.78, 5) is 0. The molecule has 0 amide bonds. The minimum Gasteiger partial charge on any atom is -0.501 e. The minimum atomic E-state index is 0.662. The molecule has 0 spiro atoms. The van der Waals surface area contributed by atoms with Crippen molar-refractivity contribution >= 4 is 0 Å². The van der Waals surface area contributed by atoms with Crippen LogP contribution in [-0.4, -0.2) is 7.11 Å². The Morgan fingerprint density at radius 3 is 2.82 bits per heavy atom. The van der Waals surface area contributed by atoms with E-state index in [1.54, 1.807) is 7.11 Å². The van der Waals surface area contributed by atoms with Crippen LogP contribution in [0.4, 0.5) is 0 Å². The summed E-state index contributed by atoms with van der Waals surface area (Å²) in [5, 5.41) is 0. The van der Waals surface area contributed by atoms with E-state index in [0.29, 0.717) is 11.8 Å². The number of hydrogen-bond acceptors (Lipinski definition) is 1. The molecular formula is C10H16O. The van der Waals surface area contributed by atoms with E-state index < -0.39 is 0 Å². The number of rotatable bonds is 2. The zero-order chi connectivity index (χ0) is 8.27. The predicted molar refractivity (Wildman–Crippen MR) is 47.2 cm³/mol. The average molecular weight is 152 g/mol. The van der Waals surface area contributed by atoms with Gasteiger partial charge in [0.1, 0.15) is 0 Å². The van der Waals surface area contributed by atoms with Gasteiger partial charge in [-0.3, -0.25) is 0 Å². The summed E-state index contributed by atoms with van der Waals surface area (Å²) >= 11 is 0. The fraction of sp³-hybridized carbons (Fsp3) is 0.600. The Morgan fingerprint density at radius 1 is 1.55 bits per heavy atom. The van der Waals surface area contributed by atoms with Gasteiger partial charge in [0.15, 0.2) is 0 Å². The van der Waals surface area contributed by atoms with Gasteiger partial charge in [0.25, 0.3) is 0 Å². The molecule has 1 heteroatoms. The summed E-state index contributed by atoms with van der Waals surface area (Å²) < 4.78 is 5.18. The fourth-order valence-electron chi connectivity index (χ4n) is 1.28. The van der Waals surface area contributed by atoms with E-state index in [-0.39, 0.29) is 0 Å². The molecule has 1 aliphatic carbocycles. The van der Waals surface area contributed by atoms with Gasteiger partial charge in [0, 0.05) is 6.42 Å².